The minimum atomic E-state index is -1.00. The number of hydrogen-bond acceptors (Lipinski definition) is 5. The SMILES string of the molecule is Nc1c(C(=O)O)sc2nc3c(cc12)COCC3. The Hall–Kier alpha value is -1.66. The van der Waals surface area contributed by atoms with Gasteiger partial charge in [0.2, 0.25) is 0 Å². The molecular formula is C11H10N2O3S. The Morgan fingerprint density at radius 3 is 3.18 bits per heavy atom. The molecule has 0 aliphatic carbocycles. The van der Waals surface area contributed by atoms with Gasteiger partial charge in [-0.15, -0.1) is 11.3 Å². The number of anilines is 1. The molecule has 0 aromatic carbocycles. The third kappa shape index (κ3) is 1.57. The minimum Gasteiger partial charge on any atom is -0.477 e. The quantitative estimate of drug-likeness (QED) is 0.803. The van der Waals surface area contributed by atoms with Gasteiger partial charge in [0.05, 0.1) is 18.9 Å². The van der Waals surface area contributed by atoms with Gasteiger partial charge in [-0.2, -0.15) is 0 Å². The number of pyridine rings is 1. The second kappa shape index (κ2) is 3.68. The summed E-state index contributed by atoms with van der Waals surface area (Å²) >= 11 is 1.13. The summed E-state index contributed by atoms with van der Waals surface area (Å²) in [5, 5.41) is 9.73. The number of aromatic nitrogens is 1. The number of nitrogens with zero attached hydrogens (tertiary/aromatic N) is 1. The number of thiophene rings is 1. The van der Waals surface area contributed by atoms with Crippen molar-refractivity contribution in [3.05, 3.63) is 22.2 Å². The van der Waals surface area contributed by atoms with Crippen LogP contribution in [0.4, 0.5) is 5.69 Å². The van der Waals surface area contributed by atoms with Crippen molar-refractivity contribution < 1.29 is 14.6 Å². The van der Waals surface area contributed by atoms with E-state index in [1.165, 1.54) is 0 Å². The van der Waals surface area contributed by atoms with E-state index >= 15 is 0 Å². The van der Waals surface area contributed by atoms with Crippen LogP contribution >= 0.6 is 11.3 Å². The molecular weight excluding hydrogens is 240 g/mol. The fourth-order valence-corrected chi connectivity index (χ4v) is 2.91. The van der Waals surface area contributed by atoms with E-state index in [2.05, 4.69) is 4.98 Å². The van der Waals surface area contributed by atoms with Crippen LogP contribution in [0.25, 0.3) is 10.2 Å². The molecule has 0 saturated carbocycles. The molecule has 0 spiro atoms. The van der Waals surface area contributed by atoms with Gasteiger partial charge in [0.25, 0.3) is 0 Å². The number of carbonyl (C=O) groups is 1. The van der Waals surface area contributed by atoms with Crippen molar-refractivity contribution >= 4 is 33.2 Å². The van der Waals surface area contributed by atoms with Crippen LogP contribution in [0.2, 0.25) is 0 Å². The number of fused-ring (bicyclic) bond motifs is 2. The Morgan fingerprint density at radius 2 is 2.41 bits per heavy atom. The second-order valence-electron chi connectivity index (χ2n) is 3.90. The Balaban J connectivity index is 2.27. The number of nitrogens with two attached hydrogens (primary N) is 1. The third-order valence-electron chi connectivity index (χ3n) is 2.82. The normalized spacial score (nSPS) is 14.8. The molecule has 88 valence electrons. The molecule has 5 nitrogen and oxygen atoms in total. The molecule has 2 aromatic heterocycles. The van der Waals surface area contributed by atoms with Crippen LogP contribution in [0.3, 0.4) is 0 Å². The molecule has 0 unspecified atom stereocenters. The zero-order chi connectivity index (χ0) is 12.0. The molecule has 0 amide bonds. The largest absolute Gasteiger partial charge is 0.477 e. The van der Waals surface area contributed by atoms with Crippen molar-refractivity contribution in [3.63, 3.8) is 0 Å². The maximum Gasteiger partial charge on any atom is 0.348 e. The molecule has 0 atom stereocenters. The van der Waals surface area contributed by atoms with Crippen LogP contribution in [0.15, 0.2) is 6.07 Å². The monoisotopic (exact) mass is 250 g/mol. The van der Waals surface area contributed by atoms with Gasteiger partial charge in [0, 0.05) is 23.1 Å². The molecule has 1 aliphatic heterocycles. The fraction of sp³-hybridized carbons (Fsp3) is 0.273. The molecule has 3 rings (SSSR count). The Morgan fingerprint density at radius 1 is 1.59 bits per heavy atom. The highest BCUT2D eigenvalue weighted by Crippen LogP contribution is 2.34. The summed E-state index contributed by atoms with van der Waals surface area (Å²) in [5.41, 5.74) is 8.12. The van der Waals surface area contributed by atoms with Gasteiger partial charge in [-0.05, 0) is 6.07 Å². The van der Waals surface area contributed by atoms with Crippen LogP contribution in [0.5, 0.6) is 0 Å². The molecule has 6 heteroatoms. The lowest BCUT2D eigenvalue weighted by atomic mass is 10.1. The van der Waals surface area contributed by atoms with Gasteiger partial charge >= 0.3 is 5.97 Å². The van der Waals surface area contributed by atoms with E-state index in [0.29, 0.717) is 23.7 Å². The molecule has 0 saturated heterocycles. The Kier molecular flexibility index (Phi) is 2.27. The van der Waals surface area contributed by atoms with Crippen LogP contribution in [-0.4, -0.2) is 22.7 Å². The zero-order valence-corrected chi connectivity index (χ0v) is 9.71. The van der Waals surface area contributed by atoms with Crippen molar-refractivity contribution in [2.75, 3.05) is 12.3 Å². The first-order valence-corrected chi connectivity index (χ1v) is 6.00. The van der Waals surface area contributed by atoms with Crippen LogP contribution < -0.4 is 5.73 Å². The van der Waals surface area contributed by atoms with E-state index < -0.39 is 5.97 Å². The van der Waals surface area contributed by atoms with Gasteiger partial charge in [0.1, 0.15) is 9.71 Å². The zero-order valence-electron chi connectivity index (χ0n) is 8.90. The number of nitrogen functional groups attached to an aromatic ring is 1. The predicted molar refractivity (Wildman–Crippen MR) is 64.4 cm³/mol. The summed E-state index contributed by atoms with van der Waals surface area (Å²) in [6, 6.07) is 1.90. The van der Waals surface area contributed by atoms with E-state index in [1.54, 1.807) is 0 Å². The van der Waals surface area contributed by atoms with E-state index in [-0.39, 0.29) is 4.88 Å². The number of ether oxygens (including phenoxy) is 1. The molecule has 3 heterocycles. The van der Waals surface area contributed by atoms with Crippen molar-refractivity contribution in [1.82, 2.24) is 4.98 Å². The van der Waals surface area contributed by atoms with Gasteiger partial charge < -0.3 is 15.6 Å². The minimum absolute atomic E-state index is 0.163. The van der Waals surface area contributed by atoms with Gasteiger partial charge in [-0.1, -0.05) is 0 Å². The van der Waals surface area contributed by atoms with E-state index in [9.17, 15) is 4.79 Å². The molecule has 3 N–H and O–H groups in total. The number of aromatic carboxylic acids is 1. The molecule has 0 bridgehead atoms. The highest BCUT2D eigenvalue weighted by Gasteiger charge is 2.19. The van der Waals surface area contributed by atoms with Crippen molar-refractivity contribution in [1.29, 1.82) is 0 Å². The van der Waals surface area contributed by atoms with Gasteiger partial charge in [0.15, 0.2) is 0 Å². The predicted octanol–water partition coefficient (Wildman–Crippen LogP) is 1.65. The first kappa shape index (κ1) is 10.5. The van der Waals surface area contributed by atoms with Crippen molar-refractivity contribution in [2.45, 2.75) is 13.0 Å². The van der Waals surface area contributed by atoms with Gasteiger partial charge in [-0.3, -0.25) is 0 Å². The van der Waals surface area contributed by atoms with Crippen molar-refractivity contribution in [3.8, 4) is 0 Å². The van der Waals surface area contributed by atoms with Crippen LogP contribution in [0, 0.1) is 0 Å². The lowest BCUT2D eigenvalue weighted by Crippen LogP contribution is -2.11. The van der Waals surface area contributed by atoms with Crippen LogP contribution in [0.1, 0.15) is 20.9 Å². The lowest BCUT2D eigenvalue weighted by Gasteiger charge is -2.15. The van der Waals surface area contributed by atoms with E-state index in [0.717, 1.165) is 34.4 Å². The summed E-state index contributed by atoms with van der Waals surface area (Å²) in [6.45, 7) is 1.19. The van der Waals surface area contributed by atoms with E-state index in [4.69, 9.17) is 15.6 Å². The summed E-state index contributed by atoms with van der Waals surface area (Å²) < 4.78 is 5.35. The average molecular weight is 250 g/mol. The van der Waals surface area contributed by atoms with Crippen LogP contribution in [-0.2, 0) is 17.8 Å². The summed E-state index contributed by atoms with van der Waals surface area (Å²) in [4.78, 5) is 16.3. The standard InChI is InChI=1S/C11H10N2O3S/c12-8-6-3-5-4-16-2-1-7(5)13-10(6)17-9(8)11(14)15/h3H,1-2,4,12H2,(H,14,15). The van der Waals surface area contributed by atoms with Crippen molar-refractivity contribution in [2.24, 2.45) is 0 Å². The molecule has 2 aromatic rings. The molecule has 17 heavy (non-hydrogen) atoms. The molecule has 1 aliphatic rings. The molecule has 0 radical (unpaired) electrons. The summed E-state index contributed by atoms with van der Waals surface area (Å²) in [7, 11) is 0. The number of rotatable bonds is 1. The second-order valence-corrected chi connectivity index (χ2v) is 4.90. The fourth-order valence-electron chi connectivity index (χ4n) is 1.97. The highest BCUT2D eigenvalue weighted by atomic mass is 32.1. The smallest absolute Gasteiger partial charge is 0.348 e. The highest BCUT2D eigenvalue weighted by molar-refractivity contribution is 7.21. The maximum atomic E-state index is 11.0. The first-order valence-electron chi connectivity index (χ1n) is 5.18. The molecule has 0 fully saturated rings. The maximum absolute atomic E-state index is 11.0. The number of carboxylic acids is 1. The number of hydrogen-bond donors (Lipinski definition) is 2. The Labute approximate surface area is 101 Å². The summed E-state index contributed by atoms with van der Waals surface area (Å²) in [5.74, 6) is -1.00. The topological polar surface area (TPSA) is 85.4 Å². The summed E-state index contributed by atoms with van der Waals surface area (Å²) in [6.07, 6.45) is 0.769. The Bertz CT molecular complexity index is 621. The van der Waals surface area contributed by atoms with E-state index in [1.807, 2.05) is 6.07 Å². The number of carboxylic acid groups (broad SMARTS) is 1. The first-order chi connectivity index (χ1) is 8.16. The third-order valence-corrected chi connectivity index (χ3v) is 3.93. The average Bonchev–Trinajstić information content (AvgIpc) is 2.64. The lowest BCUT2D eigenvalue weighted by molar-refractivity contribution is 0.0703. The van der Waals surface area contributed by atoms with Gasteiger partial charge in [-0.25, -0.2) is 9.78 Å².